The van der Waals surface area contributed by atoms with E-state index >= 15 is 0 Å². The summed E-state index contributed by atoms with van der Waals surface area (Å²) in [6.07, 6.45) is 0. The Bertz CT molecular complexity index is 163. The van der Waals surface area contributed by atoms with Crippen molar-refractivity contribution in [1.29, 1.82) is 0 Å². The molecule has 1 atom stereocenters. The topological polar surface area (TPSA) is 46.4 Å². The molecule has 0 aromatic carbocycles. The Hall–Kier alpha value is -0.680. The summed E-state index contributed by atoms with van der Waals surface area (Å²) in [6, 6.07) is 0.266. The summed E-state index contributed by atoms with van der Waals surface area (Å²) >= 11 is 0. The minimum absolute atomic E-state index is 0.266. The normalized spacial score (nSPS) is 26.9. The fourth-order valence-corrected chi connectivity index (χ4v) is 0.920. The van der Waals surface area contributed by atoms with E-state index in [0.29, 0.717) is 33.0 Å². The lowest BCUT2D eigenvalue weighted by Crippen LogP contribution is -2.28. The number of nitrogens with zero attached hydrogens (tertiary/aromatic N) is 3. The van der Waals surface area contributed by atoms with Crippen molar-refractivity contribution >= 4 is 0 Å². The highest BCUT2D eigenvalue weighted by Gasteiger charge is 2.07. The second kappa shape index (κ2) is 5.88. The molecule has 1 heterocycles. The standard InChI is InChI=1S/C8H17N3O2/c1-8-7-13-6-5-12-4-3-9-10-11(8)2/h8H,3-7H2,1-2H3. The second-order valence-corrected chi connectivity index (χ2v) is 3.06. The van der Waals surface area contributed by atoms with Crippen molar-refractivity contribution in [3.63, 3.8) is 0 Å². The van der Waals surface area contributed by atoms with Crippen molar-refractivity contribution in [2.24, 2.45) is 10.3 Å². The van der Waals surface area contributed by atoms with E-state index in [1.54, 1.807) is 0 Å². The molecule has 0 aromatic rings. The molecule has 76 valence electrons. The van der Waals surface area contributed by atoms with E-state index < -0.39 is 0 Å². The fraction of sp³-hybridized carbons (Fsp3) is 1.00. The zero-order valence-electron chi connectivity index (χ0n) is 8.27. The molecule has 0 aliphatic carbocycles. The van der Waals surface area contributed by atoms with Crippen molar-refractivity contribution < 1.29 is 9.47 Å². The Morgan fingerprint density at radius 2 is 2.00 bits per heavy atom. The lowest BCUT2D eigenvalue weighted by Gasteiger charge is -2.19. The van der Waals surface area contributed by atoms with Gasteiger partial charge in [0.1, 0.15) is 0 Å². The molecule has 1 aliphatic heterocycles. The second-order valence-electron chi connectivity index (χ2n) is 3.06. The molecule has 0 spiro atoms. The minimum atomic E-state index is 0.266. The molecule has 1 rings (SSSR count). The van der Waals surface area contributed by atoms with Gasteiger partial charge in [-0.1, -0.05) is 5.22 Å². The number of likely N-dealkylation sites (N-methyl/N-ethyl adjacent to an activating group) is 1. The van der Waals surface area contributed by atoms with E-state index in [0.717, 1.165) is 0 Å². The molecule has 1 unspecified atom stereocenters. The Morgan fingerprint density at radius 1 is 1.23 bits per heavy atom. The van der Waals surface area contributed by atoms with Gasteiger partial charge in [0.15, 0.2) is 0 Å². The van der Waals surface area contributed by atoms with Gasteiger partial charge in [0.2, 0.25) is 0 Å². The van der Waals surface area contributed by atoms with Crippen molar-refractivity contribution in [1.82, 2.24) is 5.01 Å². The molecule has 0 amide bonds. The monoisotopic (exact) mass is 187 g/mol. The van der Waals surface area contributed by atoms with Crippen LogP contribution in [0.5, 0.6) is 0 Å². The molecule has 0 N–H and O–H groups in total. The van der Waals surface area contributed by atoms with E-state index in [2.05, 4.69) is 17.3 Å². The average molecular weight is 187 g/mol. The molecular formula is C8H17N3O2. The Morgan fingerprint density at radius 3 is 2.85 bits per heavy atom. The molecule has 5 nitrogen and oxygen atoms in total. The largest absolute Gasteiger partial charge is 0.377 e. The van der Waals surface area contributed by atoms with Gasteiger partial charge in [-0.2, -0.15) is 5.11 Å². The van der Waals surface area contributed by atoms with Crippen LogP contribution in [-0.4, -0.2) is 51.1 Å². The summed E-state index contributed by atoms with van der Waals surface area (Å²) in [5.74, 6) is 0. The SMILES string of the molecule is CC1COCCOCCN=NN1C. The molecule has 0 saturated heterocycles. The van der Waals surface area contributed by atoms with Crippen LogP contribution < -0.4 is 0 Å². The van der Waals surface area contributed by atoms with Gasteiger partial charge in [0.25, 0.3) is 0 Å². The summed E-state index contributed by atoms with van der Waals surface area (Å²) in [6.45, 7) is 5.26. The first-order valence-corrected chi connectivity index (χ1v) is 4.56. The minimum Gasteiger partial charge on any atom is -0.377 e. The highest BCUT2D eigenvalue weighted by molar-refractivity contribution is 4.57. The number of hydrogen-bond acceptors (Lipinski definition) is 5. The maximum absolute atomic E-state index is 5.38. The molecule has 0 fully saturated rings. The first-order valence-electron chi connectivity index (χ1n) is 4.56. The molecule has 0 bridgehead atoms. The van der Waals surface area contributed by atoms with Gasteiger partial charge in [-0.05, 0) is 6.92 Å². The maximum Gasteiger partial charge on any atom is 0.0854 e. The van der Waals surface area contributed by atoms with E-state index in [1.165, 1.54) is 0 Å². The van der Waals surface area contributed by atoms with E-state index in [9.17, 15) is 0 Å². The number of ether oxygens (including phenoxy) is 2. The predicted octanol–water partition coefficient (Wildman–Crippen LogP) is 0.721. The molecular weight excluding hydrogens is 170 g/mol. The van der Waals surface area contributed by atoms with Gasteiger partial charge in [0.05, 0.1) is 39.0 Å². The number of rotatable bonds is 0. The molecule has 0 aromatic heterocycles. The van der Waals surface area contributed by atoms with E-state index in [4.69, 9.17) is 9.47 Å². The van der Waals surface area contributed by atoms with Crippen LogP contribution in [0.4, 0.5) is 0 Å². The van der Waals surface area contributed by atoms with Crippen LogP contribution in [0.3, 0.4) is 0 Å². The van der Waals surface area contributed by atoms with E-state index in [-0.39, 0.29) is 6.04 Å². The Balaban J connectivity index is 2.37. The van der Waals surface area contributed by atoms with Gasteiger partial charge in [0, 0.05) is 7.05 Å². The maximum atomic E-state index is 5.38. The van der Waals surface area contributed by atoms with Crippen molar-refractivity contribution in [3.8, 4) is 0 Å². The summed E-state index contributed by atoms with van der Waals surface area (Å²) in [5, 5.41) is 9.79. The Kier molecular flexibility index (Phi) is 4.70. The van der Waals surface area contributed by atoms with Crippen molar-refractivity contribution in [2.45, 2.75) is 13.0 Å². The van der Waals surface area contributed by atoms with Crippen LogP contribution in [-0.2, 0) is 9.47 Å². The molecule has 5 heteroatoms. The highest BCUT2D eigenvalue weighted by Crippen LogP contribution is 1.98. The van der Waals surface area contributed by atoms with Gasteiger partial charge < -0.3 is 9.47 Å². The van der Waals surface area contributed by atoms with E-state index in [1.807, 2.05) is 12.1 Å². The Labute approximate surface area is 78.7 Å². The van der Waals surface area contributed by atoms with Gasteiger partial charge in [-0.25, -0.2) is 0 Å². The van der Waals surface area contributed by atoms with Crippen LogP contribution in [0.25, 0.3) is 0 Å². The van der Waals surface area contributed by atoms with Crippen molar-refractivity contribution in [3.05, 3.63) is 0 Å². The number of hydrogen-bond donors (Lipinski definition) is 0. The third-order valence-electron chi connectivity index (χ3n) is 1.91. The molecule has 13 heavy (non-hydrogen) atoms. The van der Waals surface area contributed by atoms with Crippen LogP contribution in [0.2, 0.25) is 0 Å². The third kappa shape index (κ3) is 4.19. The fourth-order valence-electron chi connectivity index (χ4n) is 0.920. The highest BCUT2D eigenvalue weighted by atomic mass is 16.5. The van der Waals surface area contributed by atoms with Gasteiger partial charge in [-0.3, -0.25) is 5.01 Å². The summed E-state index contributed by atoms with van der Waals surface area (Å²) in [4.78, 5) is 0. The molecule has 0 radical (unpaired) electrons. The predicted molar refractivity (Wildman–Crippen MR) is 48.6 cm³/mol. The average Bonchev–Trinajstić information content (AvgIpc) is 2.16. The first-order chi connectivity index (χ1) is 6.30. The third-order valence-corrected chi connectivity index (χ3v) is 1.91. The van der Waals surface area contributed by atoms with Crippen LogP contribution >= 0.6 is 0 Å². The lowest BCUT2D eigenvalue weighted by molar-refractivity contribution is 0.0321. The molecule has 1 aliphatic rings. The summed E-state index contributed by atoms with van der Waals surface area (Å²) in [7, 11) is 1.90. The van der Waals surface area contributed by atoms with Crippen molar-refractivity contribution in [2.75, 3.05) is 40.0 Å². The summed E-state index contributed by atoms with van der Waals surface area (Å²) in [5.41, 5.74) is 0. The van der Waals surface area contributed by atoms with Crippen LogP contribution in [0.15, 0.2) is 10.3 Å². The zero-order chi connectivity index (χ0) is 9.52. The van der Waals surface area contributed by atoms with Gasteiger partial charge in [-0.15, -0.1) is 0 Å². The van der Waals surface area contributed by atoms with Gasteiger partial charge >= 0.3 is 0 Å². The first kappa shape index (κ1) is 10.4. The van der Waals surface area contributed by atoms with Crippen LogP contribution in [0.1, 0.15) is 6.92 Å². The van der Waals surface area contributed by atoms with Crippen LogP contribution in [0, 0.1) is 0 Å². The summed E-state index contributed by atoms with van der Waals surface area (Å²) < 4.78 is 10.6. The smallest absolute Gasteiger partial charge is 0.0854 e. The molecule has 0 saturated carbocycles. The lowest BCUT2D eigenvalue weighted by atomic mass is 10.4. The quantitative estimate of drug-likeness (QED) is 0.561. The zero-order valence-corrected chi connectivity index (χ0v) is 8.27.